The number of allylic oxidation sites excluding steroid dienone is 10. The van der Waals surface area contributed by atoms with Crippen molar-refractivity contribution < 1.29 is 37.3 Å². The number of carbonyl (C=O) groups is 1. The maximum absolute atomic E-state index is 12.7. The number of rotatable bonds is 44. The molecule has 0 aromatic rings. The molecule has 0 fully saturated rings. The summed E-state index contributed by atoms with van der Waals surface area (Å²) in [6, 6.07) is 0. The summed E-state index contributed by atoms with van der Waals surface area (Å²) in [6.07, 6.45) is 53.9. The fourth-order valence-corrected chi connectivity index (χ4v) is 7.03. The summed E-state index contributed by atoms with van der Waals surface area (Å²) in [6.45, 7) is 5.31. The van der Waals surface area contributed by atoms with Crippen molar-refractivity contribution in [2.24, 2.45) is 0 Å². The number of hydrogen-bond acceptors (Lipinski definition) is 7. The van der Waals surface area contributed by atoms with Gasteiger partial charge in [0, 0.05) is 13.0 Å². The van der Waals surface area contributed by atoms with Crippen LogP contribution in [0.3, 0.4) is 0 Å². The molecule has 0 radical (unpaired) electrons. The van der Waals surface area contributed by atoms with E-state index >= 15 is 0 Å². The SMILES string of the molecule is CCCCC/C=C\C/C=C\C/C=C\C/C=C\CCCC(=O)O[C@H](COCCCCCCCCCCCC/C=C\CCCCCCCC)COP(=O)([O-])OCC[N+](C)(C)C. The van der Waals surface area contributed by atoms with Gasteiger partial charge in [-0.2, -0.15) is 0 Å². The highest BCUT2D eigenvalue weighted by Gasteiger charge is 2.20. The van der Waals surface area contributed by atoms with E-state index in [9.17, 15) is 14.3 Å². The summed E-state index contributed by atoms with van der Waals surface area (Å²) in [5.74, 6) is -0.389. The molecule has 1 unspecified atom stereocenters. The second-order valence-corrected chi connectivity index (χ2v) is 18.5. The van der Waals surface area contributed by atoms with Crippen LogP contribution in [0.15, 0.2) is 60.8 Å². The lowest BCUT2D eigenvalue weighted by atomic mass is 10.1. The highest BCUT2D eigenvalue weighted by Crippen LogP contribution is 2.38. The Morgan fingerprint density at radius 2 is 0.932 bits per heavy atom. The molecule has 0 spiro atoms. The molecular formula is C50H92NO7P. The predicted octanol–water partition coefficient (Wildman–Crippen LogP) is 13.9. The van der Waals surface area contributed by atoms with Crippen LogP contribution in [-0.4, -0.2) is 70.7 Å². The third kappa shape index (κ3) is 47.1. The van der Waals surface area contributed by atoms with Crippen molar-refractivity contribution in [2.75, 3.05) is 54.1 Å². The minimum atomic E-state index is -4.54. The Morgan fingerprint density at radius 1 is 0.525 bits per heavy atom. The van der Waals surface area contributed by atoms with E-state index in [1.54, 1.807) is 0 Å². The third-order valence-corrected chi connectivity index (χ3v) is 11.0. The van der Waals surface area contributed by atoms with E-state index in [0.717, 1.165) is 38.5 Å². The third-order valence-electron chi connectivity index (χ3n) is 10.0. The summed E-state index contributed by atoms with van der Waals surface area (Å²) in [7, 11) is 1.32. The molecule has 8 nitrogen and oxygen atoms in total. The Labute approximate surface area is 364 Å². The second-order valence-electron chi connectivity index (χ2n) is 17.1. The van der Waals surface area contributed by atoms with Crippen molar-refractivity contribution in [1.82, 2.24) is 0 Å². The van der Waals surface area contributed by atoms with E-state index in [1.807, 2.05) is 21.1 Å². The van der Waals surface area contributed by atoms with Gasteiger partial charge in [-0.1, -0.05) is 171 Å². The van der Waals surface area contributed by atoms with Gasteiger partial charge in [0.2, 0.25) is 0 Å². The van der Waals surface area contributed by atoms with Gasteiger partial charge >= 0.3 is 5.97 Å². The Morgan fingerprint density at radius 3 is 1.44 bits per heavy atom. The molecule has 0 saturated heterocycles. The number of quaternary nitrogens is 1. The number of esters is 1. The maximum Gasteiger partial charge on any atom is 0.306 e. The van der Waals surface area contributed by atoms with Gasteiger partial charge in [-0.3, -0.25) is 9.36 Å². The number of phosphoric ester groups is 1. The van der Waals surface area contributed by atoms with Gasteiger partial charge in [0.1, 0.15) is 19.3 Å². The summed E-state index contributed by atoms with van der Waals surface area (Å²) in [4.78, 5) is 25.1. The molecule has 0 saturated carbocycles. The van der Waals surface area contributed by atoms with Gasteiger partial charge in [-0.05, 0) is 77.0 Å². The molecule has 0 N–H and O–H groups in total. The van der Waals surface area contributed by atoms with Gasteiger partial charge in [-0.25, -0.2) is 0 Å². The number of hydrogen-bond donors (Lipinski definition) is 0. The van der Waals surface area contributed by atoms with Crippen LogP contribution in [0.4, 0.5) is 0 Å². The van der Waals surface area contributed by atoms with E-state index < -0.39 is 13.9 Å². The summed E-state index contributed by atoms with van der Waals surface area (Å²) in [5.41, 5.74) is 0. The van der Waals surface area contributed by atoms with E-state index in [0.29, 0.717) is 24.1 Å². The topological polar surface area (TPSA) is 94.1 Å². The number of carbonyl (C=O) groups excluding carboxylic acids is 1. The zero-order valence-corrected chi connectivity index (χ0v) is 39.8. The van der Waals surface area contributed by atoms with Crippen molar-refractivity contribution in [3.63, 3.8) is 0 Å². The molecule has 0 aliphatic heterocycles. The molecule has 0 aliphatic rings. The molecule has 0 amide bonds. The normalized spacial score (nSPS) is 14.2. The average Bonchev–Trinajstić information content (AvgIpc) is 3.19. The Kier molecular flexibility index (Phi) is 41.6. The van der Waals surface area contributed by atoms with Gasteiger partial charge in [0.15, 0.2) is 0 Å². The van der Waals surface area contributed by atoms with Gasteiger partial charge in [-0.15, -0.1) is 0 Å². The lowest BCUT2D eigenvalue weighted by molar-refractivity contribution is -0.870. The zero-order chi connectivity index (χ0) is 43.4. The molecule has 0 aromatic carbocycles. The smallest absolute Gasteiger partial charge is 0.306 e. The lowest BCUT2D eigenvalue weighted by Gasteiger charge is -2.28. The fraction of sp³-hybridized carbons (Fsp3) is 0.780. The molecular weight excluding hydrogens is 758 g/mol. The highest BCUT2D eigenvalue weighted by atomic mass is 31.2. The molecule has 0 heterocycles. The van der Waals surface area contributed by atoms with Crippen molar-refractivity contribution in [3.8, 4) is 0 Å². The van der Waals surface area contributed by atoms with Crippen LogP contribution in [0.25, 0.3) is 0 Å². The van der Waals surface area contributed by atoms with Crippen LogP contribution in [-0.2, 0) is 27.9 Å². The van der Waals surface area contributed by atoms with Crippen LogP contribution < -0.4 is 4.89 Å². The number of unbranched alkanes of at least 4 members (excludes halogenated alkanes) is 20. The lowest BCUT2D eigenvalue weighted by Crippen LogP contribution is -2.37. The van der Waals surface area contributed by atoms with Crippen molar-refractivity contribution in [2.45, 2.75) is 200 Å². The van der Waals surface area contributed by atoms with Crippen molar-refractivity contribution in [1.29, 1.82) is 0 Å². The molecule has 2 atom stereocenters. The number of ether oxygens (including phenoxy) is 2. The van der Waals surface area contributed by atoms with Crippen LogP contribution in [0.2, 0.25) is 0 Å². The summed E-state index contributed by atoms with van der Waals surface area (Å²) < 4.78 is 34.6. The minimum absolute atomic E-state index is 0.0139. The number of phosphoric acid groups is 1. The number of nitrogens with zero attached hydrogens (tertiary/aromatic N) is 1. The molecule has 0 aliphatic carbocycles. The quantitative estimate of drug-likeness (QED) is 0.0198. The zero-order valence-electron chi connectivity index (χ0n) is 38.9. The van der Waals surface area contributed by atoms with E-state index in [-0.39, 0.29) is 32.2 Å². The molecule has 9 heteroatoms. The molecule has 344 valence electrons. The predicted molar refractivity (Wildman–Crippen MR) is 249 cm³/mol. The van der Waals surface area contributed by atoms with Gasteiger partial charge in [0.05, 0.1) is 34.4 Å². The van der Waals surface area contributed by atoms with E-state index in [4.69, 9.17) is 18.5 Å². The second kappa shape index (κ2) is 42.9. The average molecular weight is 850 g/mol. The first kappa shape index (κ1) is 57.2. The molecule has 59 heavy (non-hydrogen) atoms. The first-order chi connectivity index (χ1) is 28.6. The Hall–Kier alpha value is -1.80. The van der Waals surface area contributed by atoms with Gasteiger partial charge in [0.25, 0.3) is 7.82 Å². The van der Waals surface area contributed by atoms with E-state index in [1.165, 1.54) is 128 Å². The largest absolute Gasteiger partial charge is 0.756 e. The van der Waals surface area contributed by atoms with Crippen molar-refractivity contribution >= 4 is 13.8 Å². The standard InChI is InChI=1S/C50H92NO7P/c1-6-8-10-12-14-16-18-20-22-24-25-26-28-30-32-34-36-38-40-42-45-55-47-49(48-57-59(53,54)56-46-44-51(3,4)5)58-50(52)43-41-39-37-35-33-31-29-27-23-21-19-17-15-13-11-9-7-2/h15,17,20-23,29,31,35,37,49H,6-14,16,18-19,24-28,30,32-34,36,38-48H2,1-5H3/b17-15-,22-20-,23-21-,31-29-,37-35-/t49-/m1/s1. The summed E-state index contributed by atoms with van der Waals surface area (Å²) >= 11 is 0. The first-order valence-electron chi connectivity index (χ1n) is 24.0. The minimum Gasteiger partial charge on any atom is -0.756 e. The van der Waals surface area contributed by atoms with E-state index in [2.05, 4.69) is 74.6 Å². The Bertz CT molecular complexity index is 1130. The highest BCUT2D eigenvalue weighted by molar-refractivity contribution is 7.45. The molecule has 0 bridgehead atoms. The van der Waals surface area contributed by atoms with Crippen LogP contribution in [0, 0.1) is 0 Å². The van der Waals surface area contributed by atoms with Crippen LogP contribution in [0.5, 0.6) is 0 Å². The molecule has 0 rings (SSSR count). The maximum atomic E-state index is 12.7. The van der Waals surface area contributed by atoms with Gasteiger partial charge < -0.3 is 27.9 Å². The molecule has 0 aromatic heterocycles. The van der Waals surface area contributed by atoms with Crippen LogP contribution in [0.1, 0.15) is 194 Å². The Balaban J connectivity index is 4.26. The van der Waals surface area contributed by atoms with Crippen LogP contribution >= 0.6 is 7.82 Å². The summed E-state index contributed by atoms with van der Waals surface area (Å²) in [5, 5.41) is 0. The fourth-order valence-electron chi connectivity index (χ4n) is 6.30. The first-order valence-corrected chi connectivity index (χ1v) is 25.5. The van der Waals surface area contributed by atoms with Crippen molar-refractivity contribution in [3.05, 3.63) is 60.8 Å². The monoisotopic (exact) mass is 850 g/mol. The number of likely N-dealkylation sites (N-methyl/N-ethyl adjacent to an activating group) is 1.